The van der Waals surface area contributed by atoms with Crippen molar-refractivity contribution in [2.75, 3.05) is 13.2 Å². The van der Waals surface area contributed by atoms with Gasteiger partial charge in [-0.25, -0.2) is 15.0 Å². The van der Waals surface area contributed by atoms with E-state index in [0.29, 0.717) is 24.2 Å². The molecule has 2 aliphatic heterocycles. The van der Waals surface area contributed by atoms with Crippen LogP contribution in [0.25, 0.3) is 11.2 Å². The van der Waals surface area contributed by atoms with Crippen LogP contribution < -0.4 is 0 Å². The number of nitrogens with zero attached hydrogens (tertiary/aromatic N) is 4. The van der Waals surface area contributed by atoms with Crippen LogP contribution in [0.2, 0.25) is 0 Å². The summed E-state index contributed by atoms with van der Waals surface area (Å²) in [6.07, 6.45) is 3.05. The number of aromatic nitrogens is 4. The number of ether oxygens (including phenoxy) is 2. The Hall–Kier alpha value is -1.61. The van der Waals surface area contributed by atoms with Gasteiger partial charge in [-0.1, -0.05) is 0 Å². The van der Waals surface area contributed by atoms with Crippen LogP contribution >= 0.6 is 0 Å². The molecule has 2 aliphatic rings. The third-order valence-electron chi connectivity index (χ3n) is 4.08. The second-order valence-corrected chi connectivity index (χ2v) is 5.15. The summed E-state index contributed by atoms with van der Waals surface area (Å²) in [4.78, 5) is 12.2. The third-order valence-corrected chi connectivity index (χ3v) is 4.08. The monoisotopic (exact) mass is 278 g/mol. The molecular formula is C12H14N4O4. The van der Waals surface area contributed by atoms with E-state index < -0.39 is 24.0 Å². The second-order valence-electron chi connectivity index (χ2n) is 5.15. The average molecular weight is 278 g/mol. The maximum absolute atomic E-state index is 10.4. The molecule has 2 saturated heterocycles. The van der Waals surface area contributed by atoms with Gasteiger partial charge in [0.2, 0.25) is 0 Å². The fourth-order valence-corrected chi connectivity index (χ4v) is 3.05. The van der Waals surface area contributed by atoms with Crippen LogP contribution in [-0.2, 0) is 9.47 Å². The van der Waals surface area contributed by atoms with E-state index in [9.17, 15) is 10.2 Å². The molecule has 0 bridgehead atoms. The SMILES string of the molecule is OC[C@]12CCO[C@H]1[C@@H](O)[C@H](n1cnc3cncnc31)O2. The minimum Gasteiger partial charge on any atom is -0.393 e. The second kappa shape index (κ2) is 4.19. The van der Waals surface area contributed by atoms with Gasteiger partial charge in [-0.3, -0.25) is 4.57 Å². The summed E-state index contributed by atoms with van der Waals surface area (Å²) < 4.78 is 13.1. The van der Waals surface area contributed by atoms with Gasteiger partial charge < -0.3 is 19.7 Å². The zero-order valence-electron chi connectivity index (χ0n) is 10.6. The molecular weight excluding hydrogens is 264 g/mol. The standard InChI is InChI=1S/C12H14N4O4/c17-4-12-1-2-19-9(12)8(18)11(20-12)16-6-15-7-3-13-5-14-10(7)16/h3,5-6,8-9,11,17-18H,1-2,4H2/t8-,9+,11-,12-/m1/s1. The summed E-state index contributed by atoms with van der Waals surface area (Å²) in [6, 6.07) is 0. The van der Waals surface area contributed by atoms with E-state index in [-0.39, 0.29) is 6.61 Å². The molecule has 0 spiro atoms. The van der Waals surface area contributed by atoms with E-state index in [0.717, 1.165) is 0 Å². The van der Waals surface area contributed by atoms with Crippen LogP contribution in [0, 0.1) is 0 Å². The molecule has 0 saturated carbocycles. The molecule has 20 heavy (non-hydrogen) atoms. The summed E-state index contributed by atoms with van der Waals surface area (Å²) in [5, 5.41) is 20.0. The molecule has 4 atom stereocenters. The van der Waals surface area contributed by atoms with Crippen molar-refractivity contribution >= 4 is 11.2 Å². The number of aliphatic hydroxyl groups is 2. The molecule has 2 aromatic heterocycles. The molecule has 0 aliphatic carbocycles. The lowest BCUT2D eigenvalue weighted by atomic mass is 9.95. The highest BCUT2D eigenvalue weighted by Gasteiger charge is 2.58. The van der Waals surface area contributed by atoms with E-state index in [2.05, 4.69) is 15.0 Å². The topological polar surface area (TPSA) is 103 Å². The van der Waals surface area contributed by atoms with Gasteiger partial charge in [0.1, 0.15) is 29.7 Å². The summed E-state index contributed by atoms with van der Waals surface area (Å²) in [5.41, 5.74) is 0.365. The molecule has 2 N–H and O–H groups in total. The maximum Gasteiger partial charge on any atom is 0.166 e. The van der Waals surface area contributed by atoms with Crippen molar-refractivity contribution in [2.45, 2.75) is 30.5 Å². The quantitative estimate of drug-likeness (QED) is 0.744. The predicted molar refractivity (Wildman–Crippen MR) is 65.6 cm³/mol. The number of hydrogen-bond donors (Lipinski definition) is 2. The number of fused-ring (bicyclic) bond motifs is 2. The normalized spacial score (nSPS) is 36.6. The van der Waals surface area contributed by atoms with Crippen LogP contribution in [0.3, 0.4) is 0 Å². The lowest BCUT2D eigenvalue weighted by Crippen LogP contribution is -2.42. The van der Waals surface area contributed by atoms with E-state index >= 15 is 0 Å². The zero-order valence-corrected chi connectivity index (χ0v) is 10.6. The van der Waals surface area contributed by atoms with Crippen LogP contribution in [0.1, 0.15) is 12.6 Å². The Bertz CT molecular complexity index is 647. The lowest BCUT2D eigenvalue weighted by Gasteiger charge is -2.24. The molecule has 0 radical (unpaired) electrons. The van der Waals surface area contributed by atoms with Gasteiger partial charge in [0.25, 0.3) is 0 Å². The van der Waals surface area contributed by atoms with E-state index in [1.54, 1.807) is 17.1 Å². The summed E-state index contributed by atoms with van der Waals surface area (Å²) >= 11 is 0. The van der Waals surface area contributed by atoms with Crippen LogP contribution in [0.15, 0.2) is 18.9 Å². The van der Waals surface area contributed by atoms with Crippen LogP contribution in [-0.4, -0.2) is 60.8 Å². The highest BCUT2D eigenvalue weighted by molar-refractivity contribution is 5.69. The Balaban J connectivity index is 1.76. The zero-order chi connectivity index (χ0) is 13.7. The van der Waals surface area contributed by atoms with E-state index in [4.69, 9.17) is 9.47 Å². The van der Waals surface area contributed by atoms with Gasteiger partial charge in [0.05, 0.1) is 25.7 Å². The first kappa shape index (κ1) is 12.2. The summed E-state index contributed by atoms with van der Waals surface area (Å²) in [5.74, 6) is 0. The Morgan fingerprint density at radius 2 is 2.35 bits per heavy atom. The summed E-state index contributed by atoms with van der Waals surface area (Å²) in [7, 11) is 0. The largest absolute Gasteiger partial charge is 0.393 e. The highest BCUT2D eigenvalue weighted by atomic mass is 16.6. The Morgan fingerprint density at radius 3 is 3.15 bits per heavy atom. The van der Waals surface area contributed by atoms with Crippen molar-refractivity contribution < 1.29 is 19.7 Å². The van der Waals surface area contributed by atoms with Crippen LogP contribution in [0.4, 0.5) is 0 Å². The molecule has 2 fully saturated rings. The number of aliphatic hydroxyl groups excluding tert-OH is 2. The van der Waals surface area contributed by atoms with E-state index in [1.807, 2.05) is 0 Å². The third kappa shape index (κ3) is 1.47. The van der Waals surface area contributed by atoms with Gasteiger partial charge in [0.15, 0.2) is 11.9 Å². The summed E-state index contributed by atoms with van der Waals surface area (Å²) in [6.45, 7) is 0.286. The predicted octanol–water partition coefficient (Wildman–Crippen LogP) is -0.764. The highest BCUT2D eigenvalue weighted by Crippen LogP contribution is 2.44. The molecule has 8 nitrogen and oxygen atoms in total. The fourth-order valence-electron chi connectivity index (χ4n) is 3.05. The Labute approximate surface area is 114 Å². The van der Waals surface area contributed by atoms with Gasteiger partial charge in [-0.05, 0) is 0 Å². The molecule has 0 unspecified atom stereocenters. The van der Waals surface area contributed by atoms with Crippen molar-refractivity contribution in [2.24, 2.45) is 0 Å². The van der Waals surface area contributed by atoms with Gasteiger partial charge in [0, 0.05) is 6.42 Å². The smallest absolute Gasteiger partial charge is 0.166 e. The fraction of sp³-hybridized carbons (Fsp3) is 0.583. The molecule has 0 amide bonds. The number of imidazole rings is 1. The van der Waals surface area contributed by atoms with Crippen molar-refractivity contribution in [1.82, 2.24) is 19.5 Å². The van der Waals surface area contributed by atoms with E-state index in [1.165, 1.54) is 6.33 Å². The minimum absolute atomic E-state index is 0.188. The molecule has 4 rings (SSSR count). The van der Waals surface area contributed by atoms with Crippen molar-refractivity contribution in [3.63, 3.8) is 0 Å². The van der Waals surface area contributed by atoms with Gasteiger partial charge in [-0.2, -0.15) is 0 Å². The first-order chi connectivity index (χ1) is 9.75. The Kier molecular flexibility index (Phi) is 2.55. The van der Waals surface area contributed by atoms with Crippen molar-refractivity contribution in [3.8, 4) is 0 Å². The first-order valence-electron chi connectivity index (χ1n) is 6.46. The van der Waals surface area contributed by atoms with Crippen molar-refractivity contribution in [1.29, 1.82) is 0 Å². The molecule has 0 aromatic carbocycles. The molecule has 4 heterocycles. The molecule has 106 valence electrons. The number of rotatable bonds is 2. The first-order valence-corrected chi connectivity index (χ1v) is 6.46. The minimum atomic E-state index is -0.878. The molecule has 8 heteroatoms. The average Bonchev–Trinajstić information content (AvgIpc) is 3.13. The maximum atomic E-state index is 10.4. The van der Waals surface area contributed by atoms with Gasteiger partial charge in [-0.15, -0.1) is 0 Å². The van der Waals surface area contributed by atoms with Crippen LogP contribution in [0.5, 0.6) is 0 Å². The Morgan fingerprint density at radius 1 is 1.45 bits per heavy atom. The number of hydrogen-bond acceptors (Lipinski definition) is 7. The van der Waals surface area contributed by atoms with Gasteiger partial charge >= 0.3 is 0 Å². The molecule has 2 aromatic rings. The lowest BCUT2D eigenvalue weighted by molar-refractivity contribution is -0.108. The van der Waals surface area contributed by atoms with Crippen molar-refractivity contribution in [3.05, 3.63) is 18.9 Å².